The molecule has 2 rings (SSSR count). The number of rotatable bonds is 6. The van der Waals surface area contributed by atoms with Gasteiger partial charge in [-0.25, -0.2) is 24.0 Å². The second kappa shape index (κ2) is 5.62. The van der Waals surface area contributed by atoms with Crippen molar-refractivity contribution in [3.63, 3.8) is 0 Å². The van der Waals surface area contributed by atoms with E-state index in [1.165, 1.54) is 25.1 Å². The quantitative estimate of drug-likeness (QED) is 0.546. The molecule has 6 nitrogen and oxygen atoms in total. The predicted octanol–water partition coefficient (Wildman–Crippen LogP) is 1.49. The fourth-order valence-corrected chi connectivity index (χ4v) is 3.42. The molecule has 19 heavy (non-hydrogen) atoms. The highest BCUT2D eigenvalue weighted by Gasteiger charge is 2.26. The number of halogens is 1. The first-order valence-electron chi connectivity index (χ1n) is 6.07. The molecule has 1 heterocycles. The highest BCUT2D eigenvalue weighted by atomic mass is 35.5. The topological polar surface area (TPSA) is 97.1 Å². The number of aromatic nitrogens is 1. The normalized spacial score (nSPS) is 17.2. The van der Waals surface area contributed by atoms with Gasteiger partial charge >= 0.3 is 0 Å². The number of hydrogen-bond acceptors (Lipinski definition) is 5. The summed E-state index contributed by atoms with van der Waals surface area (Å²) in [7, 11) is -3.59. The molecule has 4 N–H and O–H groups in total. The maximum absolute atomic E-state index is 12.1. The van der Waals surface area contributed by atoms with Crippen molar-refractivity contribution in [1.82, 2.24) is 9.71 Å². The third-order valence-corrected chi connectivity index (χ3v) is 4.85. The van der Waals surface area contributed by atoms with Crippen molar-refractivity contribution < 1.29 is 8.42 Å². The monoisotopic (exact) mass is 304 g/mol. The van der Waals surface area contributed by atoms with Gasteiger partial charge < -0.3 is 5.43 Å². The fourth-order valence-electron chi connectivity index (χ4n) is 1.91. The number of nitrogen functional groups attached to an aromatic ring is 1. The van der Waals surface area contributed by atoms with E-state index in [4.69, 9.17) is 17.4 Å². The largest absolute Gasteiger partial charge is 0.307 e. The van der Waals surface area contributed by atoms with E-state index in [1.807, 2.05) is 6.92 Å². The van der Waals surface area contributed by atoms with E-state index in [0.717, 1.165) is 6.42 Å². The summed E-state index contributed by atoms with van der Waals surface area (Å²) in [5.41, 5.74) is 2.29. The summed E-state index contributed by atoms with van der Waals surface area (Å²) in [4.78, 5) is 3.90. The van der Waals surface area contributed by atoms with E-state index in [0.29, 0.717) is 5.92 Å². The molecule has 1 fully saturated rings. The van der Waals surface area contributed by atoms with Crippen LogP contribution >= 0.6 is 11.6 Å². The van der Waals surface area contributed by atoms with Gasteiger partial charge in [-0.3, -0.25) is 0 Å². The zero-order valence-electron chi connectivity index (χ0n) is 10.6. The Kier molecular flexibility index (Phi) is 4.29. The Bertz CT molecular complexity index is 560. The molecule has 0 aromatic carbocycles. The second-order valence-electron chi connectivity index (χ2n) is 4.85. The highest BCUT2D eigenvalue weighted by Crippen LogP contribution is 2.33. The van der Waals surface area contributed by atoms with Crippen molar-refractivity contribution in [3.05, 3.63) is 17.3 Å². The van der Waals surface area contributed by atoms with Crippen LogP contribution in [0.4, 0.5) is 5.82 Å². The highest BCUT2D eigenvalue weighted by molar-refractivity contribution is 7.89. The van der Waals surface area contributed by atoms with Crippen molar-refractivity contribution in [3.8, 4) is 0 Å². The van der Waals surface area contributed by atoms with Crippen LogP contribution in [0.15, 0.2) is 17.2 Å². The Morgan fingerprint density at radius 1 is 1.58 bits per heavy atom. The first kappa shape index (κ1) is 14.5. The first-order valence-corrected chi connectivity index (χ1v) is 7.93. The molecule has 0 aliphatic heterocycles. The van der Waals surface area contributed by atoms with Gasteiger partial charge in [-0.05, 0) is 25.3 Å². The first-order chi connectivity index (χ1) is 8.92. The maximum atomic E-state index is 12.1. The molecule has 8 heteroatoms. The molecule has 0 bridgehead atoms. The number of nitrogens with one attached hydrogen (secondary N) is 2. The van der Waals surface area contributed by atoms with Gasteiger partial charge in [0.15, 0.2) is 5.82 Å². The van der Waals surface area contributed by atoms with Gasteiger partial charge in [-0.1, -0.05) is 24.4 Å². The van der Waals surface area contributed by atoms with Crippen molar-refractivity contribution in [2.75, 3.05) is 5.43 Å². The van der Waals surface area contributed by atoms with Crippen LogP contribution in [0.3, 0.4) is 0 Å². The van der Waals surface area contributed by atoms with Crippen LogP contribution in [0, 0.1) is 5.92 Å². The Labute approximate surface area is 117 Å². The number of hydrazine groups is 1. The van der Waals surface area contributed by atoms with Gasteiger partial charge in [0.1, 0.15) is 4.90 Å². The molecule has 0 radical (unpaired) electrons. The zero-order valence-corrected chi connectivity index (χ0v) is 12.1. The summed E-state index contributed by atoms with van der Waals surface area (Å²) in [5.74, 6) is 6.09. The van der Waals surface area contributed by atoms with Crippen LogP contribution in [0.1, 0.15) is 26.2 Å². The van der Waals surface area contributed by atoms with Gasteiger partial charge in [0.2, 0.25) is 10.0 Å². The molecule has 1 aromatic rings. The number of nitrogens with two attached hydrogens (primary N) is 1. The van der Waals surface area contributed by atoms with Crippen molar-refractivity contribution in [2.45, 2.75) is 37.1 Å². The van der Waals surface area contributed by atoms with Crippen LogP contribution in [0.5, 0.6) is 0 Å². The van der Waals surface area contributed by atoms with Crippen LogP contribution in [0.25, 0.3) is 0 Å². The summed E-state index contributed by atoms with van der Waals surface area (Å²) >= 11 is 5.87. The molecule has 0 saturated heterocycles. The average Bonchev–Trinajstić information content (AvgIpc) is 3.11. The molecule has 1 aliphatic carbocycles. The molecule has 1 aromatic heterocycles. The molecule has 0 amide bonds. The molecular formula is C11H17ClN4O2S. The SMILES string of the molecule is CC(CC1CC1)NS(=O)(=O)c1cnc(NN)c(Cl)c1. The number of sulfonamides is 1. The zero-order chi connectivity index (χ0) is 14.0. The molecule has 0 spiro atoms. The number of pyridine rings is 1. The summed E-state index contributed by atoms with van der Waals surface area (Å²) in [6.07, 6.45) is 4.47. The van der Waals surface area contributed by atoms with E-state index in [-0.39, 0.29) is 21.8 Å². The van der Waals surface area contributed by atoms with Gasteiger partial charge in [0, 0.05) is 12.2 Å². The number of hydrogen-bond donors (Lipinski definition) is 3. The lowest BCUT2D eigenvalue weighted by Crippen LogP contribution is -2.33. The van der Waals surface area contributed by atoms with E-state index in [1.54, 1.807) is 0 Å². The van der Waals surface area contributed by atoms with Crippen LogP contribution in [-0.4, -0.2) is 19.4 Å². The molecular weight excluding hydrogens is 288 g/mol. The average molecular weight is 305 g/mol. The lowest BCUT2D eigenvalue weighted by atomic mass is 10.2. The summed E-state index contributed by atoms with van der Waals surface area (Å²) in [6, 6.07) is 1.24. The number of anilines is 1. The third kappa shape index (κ3) is 3.79. The van der Waals surface area contributed by atoms with Crippen molar-refractivity contribution in [2.24, 2.45) is 11.8 Å². The van der Waals surface area contributed by atoms with Crippen LogP contribution in [-0.2, 0) is 10.0 Å². The minimum Gasteiger partial charge on any atom is -0.307 e. The molecule has 1 atom stereocenters. The molecule has 1 aliphatic rings. The number of nitrogens with zero attached hydrogens (tertiary/aromatic N) is 1. The van der Waals surface area contributed by atoms with Gasteiger partial charge in [-0.2, -0.15) is 0 Å². The summed E-state index contributed by atoms with van der Waals surface area (Å²) in [6.45, 7) is 1.86. The lowest BCUT2D eigenvalue weighted by Gasteiger charge is -2.14. The maximum Gasteiger partial charge on any atom is 0.242 e. The third-order valence-electron chi connectivity index (χ3n) is 3.00. The lowest BCUT2D eigenvalue weighted by molar-refractivity contribution is 0.529. The van der Waals surface area contributed by atoms with Gasteiger partial charge in [0.25, 0.3) is 0 Å². The fraction of sp³-hybridized carbons (Fsp3) is 0.545. The van der Waals surface area contributed by atoms with Crippen LogP contribution in [0.2, 0.25) is 5.02 Å². The van der Waals surface area contributed by atoms with E-state index in [9.17, 15) is 8.42 Å². The standard InChI is InChI=1S/C11H17ClN4O2S/c1-7(4-8-2-3-8)16-19(17,18)9-5-10(12)11(15-13)14-6-9/h5-8,16H,2-4,13H2,1H3,(H,14,15). The van der Waals surface area contributed by atoms with E-state index < -0.39 is 10.0 Å². The Morgan fingerprint density at radius 2 is 2.26 bits per heavy atom. The van der Waals surface area contributed by atoms with E-state index in [2.05, 4.69) is 15.1 Å². The van der Waals surface area contributed by atoms with E-state index >= 15 is 0 Å². The Morgan fingerprint density at radius 3 is 2.79 bits per heavy atom. The van der Waals surface area contributed by atoms with Crippen LogP contribution < -0.4 is 16.0 Å². The van der Waals surface area contributed by atoms with Crippen molar-refractivity contribution in [1.29, 1.82) is 0 Å². The summed E-state index contributed by atoms with van der Waals surface area (Å²) < 4.78 is 26.9. The van der Waals surface area contributed by atoms with Crippen molar-refractivity contribution >= 4 is 27.4 Å². The Hall–Kier alpha value is -0.890. The van der Waals surface area contributed by atoms with Gasteiger partial charge in [-0.15, -0.1) is 0 Å². The Balaban J connectivity index is 2.11. The molecule has 1 unspecified atom stereocenters. The molecule has 106 valence electrons. The molecule has 1 saturated carbocycles. The smallest absolute Gasteiger partial charge is 0.242 e. The predicted molar refractivity (Wildman–Crippen MR) is 74.2 cm³/mol. The van der Waals surface area contributed by atoms with Gasteiger partial charge in [0.05, 0.1) is 5.02 Å². The minimum absolute atomic E-state index is 0.0409. The summed E-state index contributed by atoms with van der Waals surface area (Å²) in [5, 5.41) is 0.167. The second-order valence-corrected chi connectivity index (χ2v) is 6.97. The minimum atomic E-state index is -3.59.